The highest BCUT2D eigenvalue weighted by atomic mass is 16.7. The van der Waals surface area contributed by atoms with Gasteiger partial charge in [-0.15, -0.1) is 0 Å². The van der Waals surface area contributed by atoms with Crippen molar-refractivity contribution in [3.05, 3.63) is 112 Å². The van der Waals surface area contributed by atoms with Crippen LogP contribution < -0.4 is 24.3 Å². The summed E-state index contributed by atoms with van der Waals surface area (Å²) in [6, 6.07) is 24.2. The monoisotopic (exact) mass is 577 g/mol. The second-order valence-electron chi connectivity index (χ2n) is 11.0. The molecule has 0 bridgehead atoms. The van der Waals surface area contributed by atoms with Crippen LogP contribution in [0.3, 0.4) is 0 Å². The Morgan fingerprint density at radius 3 is 2.19 bits per heavy atom. The number of rotatable bonds is 7. The Balaban J connectivity index is 1.38. The third-order valence-electron chi connectivity index (χ3n) is 8.84. The van der Waals surface area contributed by atoms with Crippen LogP contribution in [0.1, 0.15) is 50.1 Å². The fourth-order valence-corrected chi connectivity index (χ4v) is 6.75. The fourth-order valence-electron chi connectivity index (χ4n) is 6.75. The molecule has 218 valence electrons. The molecule has 4 aromatic rings. The van der Waals surface area contributed by atoms with Gasteiger partial charge in [0.2, 0.25) is 6.79 Å². The maximum atomic E-state index is 13.6. The lowest BCUT2D eigenvalue weighted by atomic mass is 9.65. The van der Waals surface area contributed by atoms with E-state index in [0.717, 1.165) is 22.3 Å². The third-order valence-corrected chi connectivity index (χ3v) is 8.84. The molecule has 8 nitrogen and oxygen atoms in total. The lowest BCUT2D eigenvalue weighted by Gasteiger charge is -2.40. The second-order valence-corrected chi connectivity index (χ2v) is 11.0. The Morgan fingerprint density at radius 1 is 0.837 bits per heavy atom. The van der Waals surface area contributed by atoms with Gasteiger partial charge in [-0.2, -0.15) is 0 Å². The minimum absolute atomic E-state index is 0.0857. The van der Waals surface area contributed by atoms with Gasteiger partial charge in [-0.25, -0.2) is 0 Å². The predicted molar refractivity (Wildman–Crippen MR) is 159 cm³/mol. The number of nitrogens with one attached hydrogen (secondary N) is 1. The summed E-state index contributed by atoms with van der Waals surface area (Å²) in [6.45, 7) is 2.30. The number of esters is 1. The van der Waals surface area contributed by atoms with Crippen LogP contribution in [0, 0.1) is 18.8 Å². The van der Waals surface area contributed by atoms with Crippen molar-refractivity contribution in [3.8, 4) is 23.0 Å². The molecule has 1 N–H and O–H groups in total. The zero-order valence-electron chi connectivity index (χ0n) is 24.1. The van der Waals surface area contributed by atoms with E-state index >= 15 is 0 Å². The topological polar surface area (TPSA) is 92.3 Å². The minimum atomic E-state index is -0.500. The third kappa shape index (κ3) is 4.45. The molecule has 0 radical (unpaired) electrons. The van der Waals surface area contributed by atoms with Gasteiger partial charge < -0.3 is 29.0 Å². The molecule has 1 unspecified atom stereocenters. The molecule has 4 aromatic carbocycles. The van der Waals surface area contributed by atoms with Crippen LogP contribution in [0.15, 0.2) is 78.9 Å². The molecule has 43 heavy (non-hydrogen) atoms. The first-order chi connectivity index (χ1) is 21.0. The van der Waals surface area contributed by atoms with Crippen molar-refractivity contribution in [3.63, 3.8) is 0 Å². The summed E-state index contributed by atoms with van der Waals surface area (Å²) in [5.41, 5.74) is 5.46. The van der Waals surface area contributed by atoms with Crippen molar-refractivity contribution in [2.24, 2.45) is 11.8 Å². The number of hydrogen-bond acceptors (Lipinski definition) is 8. The van der Waals surface area contributed by atoms with Gasteiger partial charge >= 0.3 is 5.97 Å². The Morgan fingerprint density at radius 2 is 1.49 bits per heavy atom. The van der Waals surface area contributed by atoms with Crippen LogP contribution in [-0.2, 0) is 9.53 Å². The van der Waals surface area contributed by atoms with E-state index in [9.17, 15) is 9.59 Å². The molecule has 1 fully saturated rings. The van der Waals surface area contributed by atoms with Crippen LogP contribution in [0.25, 0.3) is 0 Å². The van der Waals surface area contributed by atoms with Gasteiger partial charge in [-0.05, 0) is 60.0 Å². The molecule has 0 aromatic heterocycles. The first-order valence-electron chi connectivity index (χ1n) is 14.3. The molecule has 0 amide bonds. The highest BCUT2D eigenvalue weighted by molar-refractivity contribution is 6.12. The van der Waals surface area contributed by atoms with Crippen LogP contribution in [0.2, 0.25) is 0 Å². The van der Waals surface area contributed by atoms with E-state index in [2.05, 4.69) is 5.32 Å². The summed E-state index contributed by atoms with van der Waals surface area (Å²) in [5, 5.41) is 3.67. The van der Waals surface area contributed by atoms with Gasteiger partial charge in [0.1, 0.15) is 11.5 Å². The first-order valence-corrected chi connectivity index (χ1v) is 14.3. The molecule has 7 rings (SSSR count). The van der Waals surface area contributed by atoms with E-state index in [4.69, 9.17) is 23.7 Å². The standard InChI is InChI=1S/C35H31NO7/c1-19-27(39-2)13-21(14-28(19)40-3)31-23-15-29-30(43-18-42-29)16-24(23)33(25-17-41-35(38)32(25)31)36-26-12-8-7-11-22(26)34(37)20-9-5-4-6-10-20/h4-16,25,31-33,36H,17-18H2,1-3H3/t25-,31+,32?,33+/m0/s1. The SMILES string of the molecule is COc1cc([C@@H]2c3cc4c(cc3[C@@H](Nc3ccccc3C(=O)c3ccccc3)[C@H]3COC(=O)C23)OCO4)cc(OC)c1C. The molecule has 2 heterocycles. The average molecular weight is 578 g/mol. The summed E-state index contributed by atoms with van der Waals surface area (Å²) in [4.78, 5) is 27.1. The Bertz CT molecular complexity index is 1710. The zero-order valence-corrected chi connectivity index (χ0v) is 24.1. The number of hydrogen-bond donors (Lipinski definition) is 1. The zero-order chi connectivity index (χ0) is 29.7. The van der Waals surface area contributed by atoms with Crippen molar-refractivity contribution in [1.82, 2.24) is 0 Å². The summed E-state index contributed by atoms with van der Waals surface area (Å²) in [7, 11) is 3.25. The largest absolute Gasteiger partial charge is 0.496 e. The van der Waals surface area contributed by atoms with Gasteiger partial charge in [0.05, 0.1) is 32.8 Å². The maximum Gasteiger partial charge on any atom is 0.310 e. The van der Waals surface area contributed by atoms with Crippen molar-refractivity contribution < 1.29 is 33.3 Å². The lowest BCUT2D eigenvalue weighted by molar-refractivity contribution is -0.141. The lowest BCUT2D eigenvalue weighted by Crippen LogP contribution is -2.38. The van der Waals surface area contributed by atoms with Crippen LogP contribution >= 0.6 is 0 Å². The quantitative estimate of drug-likeness (QED) is 0.209. The van der Waals surface area contributed by atoms with Crippen LogP contribution in [-0.4, -0.2) is 39.4 Å². The number of para-hydroxylation sites is 1. The number of carbonyl (C=O) groups excluding carboxylic acids is 2. The highest BCUT2D eigenvalue weighted by Gasteiger charge is 2.53. The number of fused-ring (bicyclic) bond motifs is 3. The Hall–Kier alpha value is -4.98. The van der Waals surface area contributed by atoms with Gasteiger partial charge in [-0.1, -0.05) is 42.5 Å². The molecule has 1 saturated heterocycles. The molecular formula is C35H31NO7. The fraction of sp³-hybridized carbons (Fsp3) is 0.257. The van der Waals surface area contributed by atoms with Gasteiger partial charge in [0.15, 0.2) is 17.3 Å². The minimum Gasteiger partial charge on any atom is -0.496 e. The molecule has 2 aliphatic heterocycles. The molecular weight excluding hydrogens is 546 g/mol. The summed E-state index contributed by atoms with van der Waals surface area (Å²) < 4.78 is 28.8. The first kappa shape index (κ1) is 26.9. The van der Waals surface area contributed by atoms with E-state index in [1.54, 1.807) is 14.2 Å². The smallest absolute Gasteiger partial charge is 0.310 e. The van der Waals surface area contributed by atoms with Crippen LogP contribution in [0.5, 0.6) is 23.0 Å². The van der Waals surface area contributed by atoms with E-state index < -0.39 is 5.92 Å². The predicted octanol–water partition coefficient (Wildman–Crippen LogP) is 6.06. The number of anilines is 1. The number of ether oxygens (including phenoxy) is 5. The van der Waals surface area contributed by atoms with Gasteiger partial charge in [0, 0.05) is 34.2 Å². The molecule has 8 heteroatoms. The van der Waals surface area contributed by atoms with E-state index in [-0.39, 0.29) is 43.0 Å². The number of benzene rings is 4. The van der Waals surface area contributed by atoms with Crippen molar-refractivity contribution in [1.29, 1.82) is 0 Å². The maximum absolute atomic E-state index is 13.6. The highest BCUT2D eigenvalue weighted by Crippen LogP contribution is 2.55. The number of cyclic esters (lactones) is 1. The molecule has 0 spiro atoms. The second kappa shape index (κ2) is 10.7. The normalized spacial score (nSPS) is 21.4. The Kier molecular flexibility index (Phi) is 6.69. The summed E-state index contributed by atoms with van der Waals surface area (Å²) in [6.07, 6.45) is 0. The number of ketones is 1. The van der Waals surface area contributed by atoms with Gasteiger partial charge in [-0.3, -0.25) is 9.59 Å². The van der Waals surface area contributed by atoms with Gasteiger partial charge in [0.25, 0.3) is 0 Å². The molecule has 1 aliphatic carbocycles. The van der Waals surface area contributed by atoms with Crippen molar-refractivity contribution in [2.45, 2.75) is 18.9 Å². The molecule has 4 atom stereocenters. The van der Waals surface area contributed by atoms with Crippen molar-refractivity contribution >= 4 is 17.4 Å². The summed E-state index contributed by atoms with van der Waals surface area (Å²) in [5.74, 6) is 1.17. The molecule has 3 aliphatic rings. The van der Waals surface area contributed by atoms with E-state index in [0.29, 0.717) is 39.8 Å². The average Bonchev–Trinajstić information content (AvgIpc) is 3.67. The van der Waals surface area contributed by atoms with Crippen molar-refractivity contribution in [2.75, 3.05) is 32.9 Å². The summed E-state index contributed by atoms with van der Waals surface area (Å²) >= 11 is 0. The van der Waals surface area contributed by atoms with E-state index in [1.807, 2.05) is 85.8 Å². The molecule has 0 saturated carbocycles. The number of carbonyl (C=O) groups is 2. The number of methoxy groups -OCH3 is 2. The van der Waals surface area contributed by atoms with E-state index in [1.165, 1.54) is 0 Å². The Labute approximate surface area is 249 Å². The van der Waals surface area contributed by atoms with Crippen LogP contribution in [0.4, 0.5) is 5.69 Å².